The molecule has 0 saturated heterocycles. The van der Waals surface area contributed by atoms with E-state index in [1.807, 2.05) is 48.5 Å². The molecule has 7 rings (SSSR count). The summed E-state index contributed by atoms with van der Waals surface area (Å²) in [5.74, 6) is -2.50. The summed E-state index contributed by atoms with van der Waals surface area (Å²) < 4.78 is 0. The number of benzene rings is 5. The third-order valence-electron chi connectivity index (χ3n) is 7.91. The van der Waals surface area contributed by atoms with Gasteiger partial charge in [0, 0.05) is 5.56 Å². The monoisotopic (exact) mass is 494 g/mol. The first-order valence-electron chi connectivity index (χ1n) is 12.6. The van der Waals surface area contributed by atoms with Gasteiger partial charge in [-0.25, -0.2) is 9.59 Å². The van der Waals surface area contributed by atoms with Crippen molar-refractivity contribution in [3.63, 3.8) is 0 Å². The number of fused-ring (bicyclic) bond motifs is 6. The van der Waals surface area contributed by atoms with E-state index in [0.29, 0.717) is 12.0 Å². The molecule has 0 fully saturated rings. The van der Waals surface area contributed by atoms with E-state index in [4.69, 9.17) is 0 Å². The fourth-order valence-corrected chi connectivity index (χ4v) is 6.31. The van der Waals surface area contributed by atoms with Crippen LogP contribution in [0.15, 0.2) is 97.1 Å². The third kappa shape index (κ3) is 3.17. The van der Waals surface area contributed by atoms with E-state index in [2.05, 4.69) is 36.4 Å². The zero-order valence-corrected chi connectivity index (χ0v) is 20.4. The van der Waals surface area contributed by atoms with E-state index in [0.717, 1.165) is 50.9 Å². The number of carboxylic acid groups (broad SMARTS) is 2. The summed E-state index contributed by atoms with van der Waals surface area (Å²) in [4.78, 5) is 25.0. The van der Waals surface area contributed by atoms with Crippen molar-refractivity contribution in [1.82, 2.24) is 0 Å². The Morgan fingerprint density at radius 2 is 0.947 bits per heavy atom. The highest BCUT2D eigenvalue weighted by molar-refractivity contribution is 6.11. The SMILES string of the molecule is O=C(O)c1ccc(-c2cccc3c2Cc2ccccc2-3)c(-c2cccc3c2Cc2ccccc2-3)c1C(=O)O. The highest BCUT2D eigenvalue weighted by Crippen LogP contribution is 2.48. The van der Waals surface area contributed by atoms with Gasteiger partial charge < -0.3 is 10.2 Å². The molecule has 0 aliphatic heterocycles. The Balaban J connectivity index is 1.55. The molecule has 0 spiro atoms. The second kappa shape index (κ2) is 8.29. The number of carboxylic acids is 2. The van der Waals surface area contributed by atoms with Crippen LogP contribution in [0.4, 0.5) is 0 Å². The predicted molar refractivity (Wildman–Crippen MR) is 148 cm³/mol. The zero-order valence-electron chi connectivity index (χ0n) is 20.4. The van der Waals surface area contributed by atoms with Gasteiger partial charge in [-0.1, -0.05) is 91.0 Å². The van der Waals surface area contributed by atoms with Crippen LogP contribution in [0.25, 0.3) is 44.5 Å². The molecule has 0 amide bonds. The first kappa shape index (κ1) is 22.3. The Morgan fingerprint density at radius 1 is 0.474 bits per heavy atom. The molecule has 38 heavy (non-hydrogen) atoms. The minimum Gasteiger partial charge on any atom is -0.478 e. The van der Waals surface area contributed by atoms with Crippen LogP contribution in [0.1, 0.15) is 43.0 Å². The molecule has 182 valence electrons. The molecule has 0 atom stereocenters. The van der Waals surface area contributed by atoms with Crippen molar-refractivity contribution in [1.29, 1.82) is 0 Å². The summed E-state index contributed by atoms with van der Waals surface area (Å²) in [5, 5.41) is 20.4. The fraction of sp³-hybridized carbons (Fsp3) is 0.0588. The lowest BCUT2D eigenvalue weighted by Gasteiger charge is -2.20. The number of aromatic carboxylic acids is 2. The van der Waals surface area contributed by atoms with Crippen LogP contribution in [0, 0.1) is 0 Å². The largest absolute Gasteiger partial charge is 0.478 e. The minimum absolute atomic E-state index is 0.174. The van der Waals surface area contributed by atoms with Gasteiger partial charge in [-0.05, 0) is 80.1 Å². The van der Waals surface area contributed by atoms with Crippen molar-refractivity contribution in [2.45, 2.75) is 12.8 Å². The molecule has 2 N–H and O–H groups in total. The summed E-state index contributed by atoms with van der Waals surface area (Å²) in [6, 6.07) is 31.7. The van der Waals surface area contributed by atoms with Gasteiger partial charge in [0.2, 0.25) is 0 Å². The van der Waals surface area contributed by atoms with Crippen LogP contribution in [-0.2, 0) is 12.8 Å². The molecule has 0 saturated carbocycles. The van der Waals surface area contributed by atoms with Crippen LogP contribution in [0.3, 0.4) is 0 Å². The molecule has 2 aliphatic carbocycles. The molecule has 0 aromatic heterocycles. The van der Waals surface area contributed by atoms with Crippen molar-refractivity contribution in [2.24, 2.45) is 0 Å². The Bertz CT molecular complexity index is 1830. The summed E-state index contributed by atoms with van der Waals surface area (Å²) in [5.41, 5.74) is 11.6. The molecule has 0 radical (unpaired) electrons. The summed E-state index contributed by atoms with van der Waals surface area (Å²) >= 11 is 0. The van der Waals surface area contributed by atoms with E-state index in [-0.39, 0.29) is 11.1 Å². The summed E-state index contributed by atoms with van der Waals surface area (Å²) in [6.07, 6.45) is 1.40. The maximum Gasteiger partial charge on any atom is 0.337 e. The van der Waals surface area contributed by atoms with E-state index in [1.54, 1.807) is 6.07 Å². The lowest BCUT2D eigenvalue weighted by atomic mass is 9.83. The molecule has 4 nitrogen and oxygen atoms in total. The van der Waals surface area contributed by atoms with Gasteiger partial charge in [-0.15, -0.1) is 0 Å². The molecular weight excluding hydrogens is 472 g/mol. The molecule has 2 aliphatic rings. The van der Waals surface area contributed by atoms with Crippen LogP contribution in [0.2, 0.25) is 0 Å². The van der Waals surface area contributed by atoms with Gasteiger partial charge in [0.15, 0.2) is 0 Å². The van der Waals surface area contributed by atoms with Gasteiger partial charge >= 0.3 is 11.9 Å². The van der Waals surface area contributed by atoms with Crippen LogP contribution < -0.4 is 0 Å². The number of rotatable bonds is 4. The third-order valence-corrected chi connectivity index (χ3v) is 7.91. The highest BCUT2D eigenvalue weighted by Gasteiger charge is 2.30. The maximum absolute atomic E-state index is 12.8. The number of hydrogen-bond donors (Lipinski definition) is 2. The first-order chi connectivity index (χ1) is 18.5. The smallest absolute Gasteiger partial charge is 0.337 e. The number of hydrogen-bond acceptors (Lipinski definition) is 2. The van der Waals surface area contributed by atoms with Gasteiger partial charge in [0.05, 0.1) is 11.1 Å². The standard InChI is InChI=1S/C34H22O4/c35-33(36)28-16-15-27(25-13-5-11-23-21-9-3-1-7-19(21)17-29(23)25)31(32(28)34(37)38)26-14-6-12-24-22-10-4-2-8-20(22)18-30(24)26/h1-16H,17-18H2,(H,35,36)(H,37,38). The van der Waals surface area contributed by atoms with Gasteiger partial charge in [0.1, 0.15) is 0 Å². The quantitative estimate of drug-likeness (QED) is 0.265. The summed E-state index contributed by atoms with van der Waals surface area (Å²) in [7, 11) is 0. The molecule has 4 heteroatoms. The van der Waals surface area contributed by atoms with E-state index < -0.39 is 11.9 Å². The van der Waals surface area contributed by atoms with Crippen molar-refractivity contribution in [3.8, 4) is 44.5 Å². The van der Waals surface area contributed by atoms with Crippen LogP contribution >= 0.6 is 0 Å². The average Bonchev–Trinajstić information content (AvgIpc) is 3.50. The fourth-order valence-electron chi connectivity index (χ4n) is 6.31. The van der Waals surface area contributed by atoms with Gasteiger partial charge in [-0.2, -0.15) is 0 Å². The van der Waals surface area contributed by atoms with Crippen molar-refractivity contribution in [3.05, 3.63) is 130 Å². The Labute approximate surface area is 219 Å². The lowest BCUT2D eigenvalue weighted by Crippen LogP contribution is -2.12. The minimum atomic E-state index is -1.25. The van der Waals surface area contributed by atoms with Crippen molar-refractivity contribution in [2.75, 3.05) is 0 Å². The summed E-state index contributed by atoms with van der Waals surface area (Å²) in [6.45, 7) is 0. The predicted octanol–water partition coefficient (Wildman–Crippen LogP) is 7.56. The Kier molecular flexibility index (Phi) is 4.85. The molecule has 0 heterocycles. The topological polar surface area (TPSA) is 74.6 Å². The Morgan fingerprint density at radius 3 is 1.50 bits per heavy atom. The molecule has 0 unspecified atom stereocenters. The van der Waals surface area contributed by atoms with E-state index in [9.17, 15) is 19.8 Å². The van der Waals surface area contributed by atoms with E-state index >= 15 is 0 Å². The Hall–Kier alpha value is -4.96. The molecule has 0 bridgehead atoms. The molecule has 5 aromatic rings. The van der Waals surface area contributed by atoms with Crippen LogP contribution in [-0.4, -0.2) is 22.2 Å². The van der Waals surface area contributed by atoms with Crippen molar-refractivity contribution < 1.29 is 19.8 Å². The van der Waals surface area contributed by atoms with Gasteiger partial charge in [-0.3, -0.25) is 0 Å². The second-order valence-electron chi connectivity index (χ2n) is 9.85. The molecular formula is C34H22O4. The van der Waals surface area contributed by atoms with Crippen LogP contribution in [0.5, 0.6) is 0 Å². The average molecular weight is 495 g/mol. The highest BCUT2D eigenvalue weighted by atomic mass is 16.4. The number of carbonyl (C=O) groups is 2. The maximum atomic E-state index is 12.8. The van der Waals surface area contributed by atoms with Gasteiger partial charge in [0.25, 0.3) is 0 Å². The van der Waals surface area contributed by atoms with Crippen molar-refractivity contribution >= 4 is 11.9 Å². The zero-order chi connectivity index (χ0) is 26.0. The molecule has 5 aromatic carbocycles. The van der Waals surface area contributed by atoms with E-state index in [1.165, 1.54) is 22.8 Å². The first-order valence-corrected chi connectivity index (χ1v) is 12.6. The normalized spacial score (nSPS) is 12.4. The lowest BCUT2D eigenvalue weighted by molar-refractivity contribution is 0.0652. The second-order valence-corrected chi connectivity index (χ2v) is 9.85.